The molecular weight excluding hydrogens is 340 g/mol. The van der Waals surface area contributed by atoms with Gasteiger partial charge >= 0.3 is 5.97 Å². The second-order valence-corrected chi connectivity index (χ2v) is 7.18. The first-order valence-corrected chi connectivity index (χ1v) is 9.38. The number of carbonyl (C=O) groups is 1. The summed E-state index contributed by atoms with van der Waals surface area (Å²) in [6, 6.07) is 10.1. The van der Waals surface area contributed by atoms with Crippen molar-refractivity contribution >= 4 is 5.97 Å². The molecule has 0 spiro atoms. The topological polar surface area (TPSA) is 61.9 Å². The first-order chi connectivity index (χ1) is 13.0. The number of benzene rings is 1. The number of hydrogen-bond donors (Lipinski definition) is 0. The highest BCUT2D eigenvalue weighted by atomic mass is 16.5. The van der Waals surface area contributed by atoms with Crippen molar-refractivity contribution in [2.24, 2.45) is 0 Å². The minimum Gasteiger partial charge on any atom is -0.454 e. The molecule has 0 aliphatic carbocycles. The van der Waals surface area contributed by atoms with Crippen LogP contribution in [0.25, 0.3) is 5.69 Å². The second kappa shape index (κ2) is 7.02. The number of ether oxygens (including phenoxy) is 1. The third-order valence-electron chi connectivity index (χ3n) is 5.18. The molecule has 0 fully saturated rings. The molecule has 0 bridgehead atoms. The zero-order chi connectivity index (χ0) is 19.0. The van der Waals surface area contributed by atoms with Crippen molar-refractivity contribution in [3.63, 3.8) is 0 Å². The Morgan fingerprint density at radius 3 is 2.81 bits per heavy atom. The van der Waals surface area contributed by atoms with Crippen LogP contribution in [0.15, 0.2) is 30.3 Å². The summed E-state index contributed by atoms with van der Waals surface area (Å²) in [5, 5.41) is 8.41. The maximum absolute atomic E-state index is 12.7. The smallest absolute Gasteiger partial charge is 0.340 e. The van der Waals surface area contributed by atoms with Gasteiger partial charge in [0, 0.05) is 30.0 Å². The monoisotopic (exact) mass is 364 g/mol. The Kier molecular flexibility index (Phi) is 4.56. The van der Waals surface area contributed by atoms with Crippen LogP contribution in [-0.4, -0.2) is 25.3 Å². The van der Waals surface area contributed by atoms with Crippen molar-refractivity contribution in [3.05, 3.63) is 64.5 Å². The molecule has 0 unspecified atom stereocenters. The summed E-state index contributed by atoms with van der Waals surface area (Å²) in [6.07, 6.45) is 3.20. The highest BCUT2D eigenvalue weighted by molar-refractivity contribution is 5.91. The van der Waals surface area contributed by atoms with E-state index in [4.69, 9.17) is 4.74 Å². The molecule has 0 atom stereocenters. The molecule has 0 N–H and O–H groups in total. The number of fused-ring (bicyclic) bond motifs is 1. The van der Waals surface area contributed by atoms with Gasteiger partial charge in [-0.3, -0.25) is 0 Å². The summed E-state index contributed by atoms with van der Waals surface area (Å²) in [7, 11) is 0. The van der Waals surface area contributed by atoms with E-state index in [9.17, 15) is 4.79 Å². The summed E-state index contributed by atoms with van der Waals surface area (Å²) in [5.74, 6) is 1.39. The van der Waals surface area contributed by atoms with E-state index in [0.717, 1.165) is 54.5 Å². The second-order valence-electron chi connectivity index (χ2n) is 7.18. The van der Waals surface area contributed by atoms with Gasteiger partial charge in [-0.25, -0.2) is 4.79 Å². The summed E-state index contributed by atoms with van der Waals surface area (Å²) < 4.78 is 9.73. The van der Waals surface area contributed by atoms with Crippen LogP contribution in [0.2, 0.25) is 0 Å². The van der Waals surface area contributed by atoms with Crippen LogP contribution in [0.5, 0.6) is 0 Å². The molecule has 1 aliphatic heterocycles. The van der Waals surface area contributed by atoms with Crippen molar-refractivity contribution < 1.29 is 9.53 Å². The molecule has 4 rings (SSSR count). The third-order valence-corrected chi connectivity index (χ3v) is 5.18. The Morgan fingerprint density at radius 2 is 2.00 bits per heavy atom. The van der Waals surface area contributed by atoms with Crippen molar-refractivity contribution in [3.8, 4) is 5.69 Å². The molecule has 0 amide bonds. The molecule has 27 heavy (non-hydrogen) atoms. The molecule has 2 aromatic heterocycles. The number of aryl methyl sites for hydroxylation is 3. The molecule has 1 aromatic carbocycles. The molecule has 0 saturated carbocycles. The van der Waals surface area contributed by atoms with Gasteiger partial charge < -0.3 is 13.9 Å². The van der Waals surface area contributed by atoms with Gasteiger partial charge in [0.25, 0.3) is 0 Å². The van der Waals surface area contributed by atoms with E-state index in [1.165, 1.54) is 5.56 Å². The van der Waals surface area contributed by atoms with E-state index in [-0.39, 0.29) is 12.6 Å². The van der Waals surface area contributed by atoms with Gasteiger partial charge in [-0.15, -0.1) is 10.2 Å². The largest absolute Gasteiger partial charge is 0.454 e. The van der Waals surface area contributed by atoms with Crippen LogP contribution in [0.1, 0.15) is 51.8 Å². The van der Waals surface area contributed by atoms with E-state index in [0.29, 0.717) is 5.56 Å². The molecule has 6 heteroatoms. The van der Waals surface area contributed by atoms with Crippen molar-refractivity contribution in [1.82, 2.24) is 19.3 Å². The lowest BCUT2D eigenvalue weighted by atomic mass is 10.2. The Hall–Kier alpha value is -2.89. The fourth-order valence-electron chi connectivity index (χ4n) is 3.82. The molecule has 6 nitrogen and oxygen atoms in total. The van der Waals surface area contributed by atoms with Gasteiger partial charge in [-0.1, -0.05) is 12.1 Å². The lowest BCUT2D eigenvalue weighted by Gasteiger charge is -2.14. The predicted octanol–water partition coefficient (Wildman–Crippen LogP) is 3.69. The number of rotatable bonds is 4. The highest BCUT2D eigenvalue weighted by Gasteiger charge is 2.20. The maximum Gasteiger partial charge on any atom is 0.340 e. The molecule has 140 valence electrons. The van der Waals surface area contributed by atoms with Gasteiger partial charge in [0.1, 0.15) is 5.82 Å². The lowest BCUT2D eigenvalue weighted by Crippen LogP contribution is -2.15. The zero-order valence-corrected chi connectivity index (χ0v) is 16.0. The molecule has 0 saturated heterocycles. The number of nitrogens with zero attached hydrogens (tertiary/aromatic N) is 4. The van der Waals surface area contributed by atoms with Crippen LogP contribution in [0.3, 0.4) is 0 Å². The lowest BCUT2D eigenvalue weighted by molar-refractivity contribution is 0.0456. The number of hydrogen-bond acceptors (Lipinski definition) is 4. The fraction of sp³-hybridized carbons (Fsp3) is 0.381. The fourth-order valence-corrected chi connectivity index (χ4v) is 3.82. The third kappa shape index (κ3) is 3.27. The van der Waals surface area contributed by atoms with E-state index < -0.39 is 0 Å². The predicted molar refractivity (Wildman–Crippen MR) is 102 cm³/mol. The minimum absolute atomic E-state index is 0.153. The number of carbonyl (C=O) groups excluding carboxylic acids is 1. The van der Waals surface area contributed by atoms with E-state index in [2.05, 4.69) is 38.4 Å². The van der Waals surface area contributed by atoms with Gasteiger partial charge in [0.2, 0.25) is 0 Å². The Balaban J connectivity index is 1.54. The van der Waals surface area contributed by atoms with Crippen molar-refractivity contribution in [2.75, 3.05) is 0 Å². The summed E-state index contributed by atoms with van der Waals surface area (Å²) in [5.41, 5.74) is 4.71. The first kappa shape index (κ1) is 17.5. The summed E-state index contributed by atoms with van der Waals surface area (Å²) >= 11 is 0. The maximum atomic E-state index is 12.7. The van der Waals surface area contributed by atoms with E-state index >= 15 is 0 Å². The van der Waals surface area contributed by atoms with Crippen molar-refractivity contribution in [2.45, 2.75) is 53.2 Å². The SMILES string of the molecule is Cc1cccc(-n2c(C)cc(C(=O)OCc3nnc4n3CCCC4)c2C)c1. The molecule has 1 aliphatic rings. The van der Waals surface area contributed by atoms with Crippen LogP contribution >= 0.6 is 0 Å². The number of esters is 1. The van der Waals surface area contributed by atoms with Crippen molar-refractivity contribution in [1.29, 1.82) is 0 Å². The normalized spacial score (nSPS) is 13.4. The van der Waals surface area contributed by atoms with Gasteiger partial charge in [0.15, 0.2) is 12.4 Å². The van der Waals surface area contributed by atoms with Crippen LogP contribution in [-0.2, 0) is 24.3 Å². The standard InChI is InChI=1S/C21H24N4O2/c1-14-7-6-8-17(11-14)25-15(2)12-18(16(25)3)21(26)27-13-20-23-22-19-9-4-5-10-24(19)20/h6-8,11-12H,4-5,9-10,13H2,1-3H3. The number of aromatic nitrogens is 4. The van der Waals surface area contributed by atoms with E-state index in [1.807, 2.05) is 32.0 Å². The summed E-state index contributed by atoms with van der Waals surface area (Å²) in [6.45, 7) is 7.06. The van der Waals surface area contributed by atoms with Crippen LogP contribution in [0.4, 0.5) is 0 Å². The van der Waals surface area contributed by atoms with E-state index in [1.54, 1.807) is 0 Å². The first-order valence-electron chi connectivity index (χ1n) is 9.38. The van der Waals surface area contributed by atoms with Crippen LogP contribution < -0.4 is 0 Å². The quantitative estimate of drug-likeness (QED) is 0.663. The zero-order valence-electron chi connectivity index (χ0n) is 16.0. The molecule has 3 aromatic rings. The average Bonchev–Trinajstić information content (AvgIpc) is 3.20. The summed E-state index contributed by atoms with van der Waals surface area (Å²) in [4.78, 5) is 12.7. The Bertz CT molecular complexity index is 1000. The molecular formula is C21H24N4O2. The van der Waals surface area contributed by atoms with Gasteiger partial charge in [-0.05, 0) is 57.4 Å². The van der Waals surface area contributed by atoms with Crippen LogP contribution in [0, 0.1) is 20.8 Å². The average molecular weight is 364 g/mol. The van der Waals surface area contributed by atoms with Gasteiger partial charge in [-0.2, -0.15) is 0 Å². The minimum atomic E-state index is -0.324. The van der Waals surface area contributed by atoms with Gasteiger partial charge in [0.05, 0.1) is 5.56 Å². The highest BCUT2D eigenvalue weighted by Crippen LogP contribution is 2.23. The molecule has 3 heterocycles. The Morgan fingerprint density at radius 1 is 1.15 bits per heavy atom. The Labute approximate surface area is 158 Å². The molecule has 0 radical (unpaired) electrons.